The number of nitrogens with zero attached hydrogens (tertiary/aromatic N) is 1. The van der Waals surface area contributed by atoms with Crippen LogP contribution in [0.4, 0.5) is 0 Å². The maximum atomic E-state index is 11.8. The molecule has 0 bridgehead atoms. The van der Waals surface area contributed by atoms with Crippen LogP contribution >= 0.6 is 0 Å². The van der Waals surface area contributed by atoms with Crippen LogP contribution < -0.4 is 14.9 Å². The minimum atomic E-state index is -0.317. The number of aryl methyl sites for hydroxylation is 1. The summed E-state index contributed by atoms with van der Waals surface area (Å²) in [5, 5.41) is 3.95. The zero-order valence-corrected chi connectivity index (χ0v) is 15.7. The van der Waals surface area contributed by atoms with Crippen molar-refractivity contribution in [2.24, 2.45) is 5.10 Å². The molecule has 5 nitrogen and oxygen atoms in total. The number of benzene rings is 3. The first-order chi connectivity index (χ1) is 13.7. The predicted molar refractivity (Wildman–Crippen MR) is 110 cm³/mol. The fourth-order valence-corrected chi connectivity index (χ4v) is 2.46. The van der Waals surface area contributed by atoms with Crippen molar-refractivity contribution in [1.29, 1.82) is 0 Å². The van der Waals surface area contributed by atoms with Crippen LogP contribution in [-0.2, 0) is 11.4 Å². The maximum absolute atomic E-state index is 11.8. The third-order valence-electron chi connectivity index (χ3n) is 3.98. The van der Waals surface area contributed by atoms with E-state index in [2.05, 4.69) is 10.5 Å². The van der Waals surface area contributed by atoms with Crippen LogP contribution in [0.1, 0.15) is 16.7 Å². The highest BCUT2D eigenvalue weighted by Crippen LogP contribution is 2.16. The maximum Gasteiger partial charge on any atom is 0.277 e. The fraction of sp³-hybridized carbons (Fsp3) is 0.130. The van der Waals surface area contributed by atoms with Gasteiger partial charge in [-0.2, -0.15) is 5.10 Å². The number of hydrogen-bond acceptors (Lipinski definition) is 4. The van der Waals surface area contributed by atoms with Crippen molar-refractivity contribution < 1.29 is 14.3 Å². The van der Waals surface area contributed by atoms with Crippen LogP contribution in [0.3, 0.4) is 0 Å². The van der Waals surface area contributed by atoms with Gasteiger partial charge in [-0.25, -0.2) is 5.43 Å². The van der Waals surface area contributed by atoms with Gasteiger partial charge in [0.1, 0.15) is 18.1 Å². The molecule has 1 N–H and O–H groups in total. The number of ether oxygens (including phenoxy) is 2. The number of para-hydroxylation sites is 1. The molecule has 0 aliphatic rings. The van der Waals surface area contributed by atoms with Gasteiger partial charge in [-0.3, -0.25) is 4.79 Å². The van der Waals surface area contributed by atoms with E-state index >= 15 is 0 Å². The number of carbonyl (C=O) groups excluding carboxylic acids is 1. The predicted octanol–water partition coefficient (Wildman–Crippen LogP) is 4.10. The summed E-state index contributed by atoms with van der Waals surface area (Å²) in [5.41, 5.74) is 5.40. The minimum absolute atomic E-state index is 0.0888. The first-order valence-electron chi connectivity index (χ1n) is 8.98. The Balaban J connectivity index is 1.42. The van der Waals surface area contributed by atoms with Crippen molar-refractivity contribution in [3.63, 3.8) is 0 Å². The normalized spacial score (nSPS) is 10.6. The third-order valence-corrected chi connectivity index (χ3v) is 3.98. The first kappa shape index (κ1) is 19.2. The van der Waals surface area contributed by atoms with Gasteiger partial charge < -0.3 is 9.47 Å². The van der Waals surface area contributed by atoms with Gasteiger partial charge in [0.15, 0.2) is 6.61 Å². The average molecular weight is 374 g/mol. The zero-order valence-electron chi connectivity index (χ0n) is 15.7. The van der Waals surface area contributed by atoms with Gasteiger partial charge in [0.25, 0.3) is 5.91 Å². The first-order valence-corrected chi connectivity index (χ1v) is 8.98. The zero-order chi connectivity index (χ0) is 19.6. The Labute approximate surface area is 164 Å². The molecule has 0 radical (unpaired) electrons. The van der Waals surface area contributed by atoms with Gasteiger partial charge in [0.05, 0.1) is 6.21 Å². The number of nitrogens with one attached hydrogen (secondary N) is 1. The highest BCUT2D eigenvalue weighted by molar-refractivity contribution is 5.83. The molecule has 0 spiro atoms. The molecule has 0 fully saturated rings. The van der Waals surface area contributed by atoms with E-state index in [4.69, 9.17) is 9.47 Å². The summed E-state index contributed by atoms with van der Waals surface area (Å²) < 4.78 is 11.2. The molecule has 3 aromatic rings. The summed E-state index contributed by atoms with van der Waals surface area (Å²) in [5.74, 6) is 1.15. The summed E-state index contributed by atoms with van der Waals surface area (Å²) in [6.45, 7) is 2.36. The van der Waals surface area contributed by atoms with E-state index in [0.717, 1.165) is 22.4 Å². The summed E-state index contributed by atoms with van der Waals surface area (Å²) in [6.07, 6.45) is 1.58. The Hall–Kier alpha value is -3.60. The molecule has 0 unspecified atom stereocenters. The van der Waals surface area contributed by atoms with Crippen molar-refractivity contribution in [2.75, 3.05) is 6.61 Å². The molecular formula is C23H22N2O3. The lowest BCUT2D eigenvalue weighted by Crippen LogP contribution is -2.24. The minimum Gasteiger partial charge on any atom is -0.489 e. The van der Waals surface area contributed by atoms with Crippen LogP contribution in [0.5, 0.6) is 11.5 Å². The Morgan fingerprint density at radius 3 is 2.39 bits per heavy atom. The fourth-order valence-electron chi connectivity index (χ4n) is 2.46. The lowest BCUT2D eigenvalue weighted by atomic mass is 10.2. The summed E-state index contributed by atoms with van der Waals surface area (Å²) in [7, 11) is 0. The number of rotatable bonds is 8. The van der Waals surface area contributed by atoms with Crippen molar-refractivity contribution >= 4 is 12.1 Å². The van der Waals surface area contributed by atoms with Crippen LogP contribution in [0.2, 0.25) is 0 Å². The lowest BCUT2D eigenvalue weighted by Gasteiger charge is -2.07. The SMILES string of the molecule is Cc1ccccc1OCC(=O)NN=Cc1ccc(OCc2ccccc2)cc1. The Morgan fingerprint density at radius 2 is 1.64 bits per heavy atom. The molecule has 3 rings (SSSR count). The van der Waals surface area contributed by atoms with Gasteiger partial charge in [-0.05, 0) is 53.9 Å². The Morgan fingerprint density at radius 1 is 0.929 bits per heavy atom. The second-order valence-electron chi connectivity index (χ2n) is 6.19. The smallest absolute Gasteiger partial charge is 0.277 e. The molecule has 0 atom stereocenters. The molecule has 142 valence electrons. The second-order valence-corrected chi connectivity index (χ2v) is 6.19. The monoisotopic (exact) mass is 374 g/mol. The summed E-state index contributed by atoms with van der Waals surface area (Å²) >= 11 is 0. The average Bonchev–Trinajstić information content (AvgIpc) is 2.73. The Bertz CT molecular complexity index is 922. The van der Waals surface area contributed by atoms with E-state index in [-0.39, 0.29) is 12.5 Å². The van der Waals surface area contributed by atoms with E-state index in [9.17, 15) is 4.79 Å². The van der Waals surface area contributed by atoms with Crippen LogP contribution in [0.25, 0.3) is 0 Å². The van der Waals surface area contributed by atoms with Crippen molar-refractivity contribution in [3.8, 4) is 11.5 Å². The van der Waals surface area contributed by atoms with Crippen molar-refractivity contribution in [3.05, 3.63) is 95.6 Å². The highest BCUT2D eigenvalue weighted by Gasteiger charge is 2.03. The number of amides is 1. The molecule has 1 amide bonds. The van der Waals surface area contributed by atoms with Gasteiger partial charge >= 0.3 is 0 Å². The quantitative estimate of drug-likeness (QED) is 0.477. The Kier molecular flexibility index (Phi) is 6.79. The molecule has 0 aliphatic carbocycles. The molecular weight excluding hydrogens is 352 g/mol. The van der Waals surface area contributed by atoms with Crippen LogP contribution in [-0.4, -0.2) is 18.7 Å². The molecule has 0 saturated heterocycles. The molecule has 3 aromatic carbocycles. The van der Waals surface area contributed by atoms with Gasteiger partial charge in [-0.15, -0.1) is 0 Å². The van der Waals surface area contributed by atoms with E-state index in [1.165, 1.54) is 0 Å². The third kappa shape index (κ3) is 5.99. The molecule has 0 saturated carbocycles. The summed E-state index contributed by atoms with van der Waals surface area (Å²) in [6, 6.07) is 25.0. The van der Waals surface area contributed by atoms with Crippen LogP contribution in [0.15, 0.2) is 84.0 Å². The van der Waals surface area contributed by atoms with E-state index < -0.39 is 0 Å². The molecule has 5 heteroatoms. The number of hydrogen-bond donors (Lipinski definition) is 1. The standard InChI is InChI=1S/C23H22N2O3/c1-18-7-5-6-10-22(18)28-17-23(26)25-24-15-19-11-13-21(14-12-19)27-16-20-8-3-2-4-9-20/h2-15H,16-17H2,1H3,(H,25,26). The van der Waals surface area contributed by atoms with Crippen molar-refractivity contribution in [2.45, 2.75) is 13.5 Å². The van der Waals surface area contributed by atoms with Crippen molar-refractivity contribution in [1.82, 2.24) is 5.43 Å². The molecule has 0 aromatic heterocycles. The topological polar surface area (TPSA) is 59.9 Å². The number of hydrazone groups is 1. The van der Waals surface area contributed by atoms with Gasteiger partial charge in [-0.1, -0.05) is 48.5 Å². The molecule has 28 heavy (non-hydrogen) atoms. The highest BCUT2D eigenvalue weighted by atomic mass is 16.5. The lowest BCUT2D eigenvalue weighted by molar-refractivity contribution is -0.123. The van der Waals surface area contributed by atoms with E-state index in [1.54, 1.807) is 6.21 Å². The molecule has 0 aliphatic heterocycles. The van der Waals surface area contributed by atoms with E-state index in [1.807, 2.05) is 85.8 Å². The second kappa shape index (κ2) is 9.92. The van der Waals surface area contributed by atoms with Crippen LogP contribution in [0, 0.1) is 6.92 Å². The molecule has 0 heterocycles. The summed E-state index contributed by atoms with van der Waals surface area (Å²) in [4.78, 5) is 11.8. The van der Waals surface area contributed by atoms with Gasteiger partial charge in [0.2, 0.25) is 0 Å². The number of carbonyl (C=O) groups is 1. The van der Waals surface area contributed by atoms with E-state index in [0.29, 0.717) is 12.4 Å². The largest absolute Gasteiger partial charge is 0.489 e. The van der Waals surface area contributed by atoms with Gasteiger partial charge in [0, 0.05) is 0 Å².